The van der Waals surface area contributed by atoms with E-state index in [4.69, 9.17) is 15.4 Å². The van der Waals surface area contributed by atoms with E-state index in [0.29, 0.717) is 4.31 Å². The zero-order valence-electron chi connectivity index (χ0n) is 16.2. The third-order valence-corrected chi connectivity index (χ3v) is 6.24. The van der Waals surface area contributed by atoms with Gasteiger partial charge in [0.2, 0.25) is 0 Å². The second-order valence-electron chi connectivity index (χ2n) is 6.42. The molecule has 0 atom stereocenters. The van der Waals surface area contributed by atoms with E-state index in [-0.39, 0.29) is 27.7 Å². The van der Waals surface area contributed by atoms with Gasteiger partial charge in [0.25, 0.3) is 10.0 Å². The molecule has 162 valence electrons. The standard InChI is InChI=1S/C20H15F3N2O5S/c1-4-10-25(31(27,28)18-12(2)24-30-13(18)3)19(26)17-9-8-16(29-17)14-6-5-7-15(11-14)20(21,22)23/h1,5-9,11H,10H2,2-3H3. The Hall–Kier alpha value is -3.52. The lowest BCUT2D eigenvalue weighted by molar-refractivity contribution is -0.137. The molecular weight excluding hydrogens is 437 g/mol. The number of amides is 1. The Kier molecular flexibility index (Phi) is 5.69. The maximum Gasteiger partial charge on any atom is 0.416 e. The normalized spacial score (nSPS) is 11.9. The molecule has 3 aromatic rings. The van der Waals surface area contributed by atoms with Crippen molar-refractivity contribution in [3.05, 3.63) is 59.2 Å². The number of aryl methyl sites for hydroxylation is 2. The molecule has 0 radical (unpaired) electrons. The van der Waals surface area contributed by atoms with E-state index in [2.05, 4.69) is 11.1 Å². The van der Waals surface area contributed by atoms with Crippen LogP contribution in [0.4, 0.5) is 13.2 Å². The number of sulfonamides is 1. The van der Waals surface area contributed by atoms with E-state index in [1.807, 2.05) is 0 Å². The Balaban J connectivity index is 1.99. The fraction of sp³-hybridized carbons (Fsp3) is 0.200. The lowest BCUT2D eigenvalue weighted by Gasteiger charge is -2.18. The highest BCUT2D eigenvalue weighted by molar-refractivity contribution is 7.89. The van der Waals surface area contributed by atoms with Crippen molar-refractivity contribution in [1.29, 1.82) is 0 Å². The molecule has 31 heavy (non-hydrogen) atoms. The van der Waals surface area contributed by atoms with Gasteiger partial charge in [0, 0.05) is 5.56 Å². The van der Waals surface area contributed by atoms with Crippen molar-refractivity contribution in [3.8, 4) is 23.7 Å². The minimum absolute atomic E-state index is 0.0311. The predicted octanol–water partition coefficient (Wildman–Crippen LogP) is 4.03. The minimum atomic E-state index is -4.56. The van der Waals surface area contributed by atoms with E-state index in [1.165, 1.54) is 32.0 Å². The number of carbonyl (C=O) groups is 1. The van der Waals surface area contributed by atoms with E-state index >= 15 is 0 Å². The molecule has 1 aromatic carbocycles. The number of hydrogen-bond acceptors (Lipinski definition) is 6. The van der Waals surface area contributed by atoms with E-state index in [9.17, 15) is 26.4 Å². The lowest BCUT2D eigenvalue weighted by Crippen LogP contribution is -2.37. The van der Waals surface area contributed by atoms with E-state index in [1.54, 1.807) is 0 Å². The van der Waals surface area contributed by atoms with Crippen LogP contribution < -0.4 is 0 Å². The van der Waals surface area contributed by atoms with Gasteiger partial charge < -0.3 is 8.94 Å². The van der Waals surface area contributed by atoms with Crippen LogP contribution in [0.15, 0.2) is 50.2 Å². The van der Waals surface area contributed by atoms with Crippen molar-refractivity contribution in [1.82, 2.24) is 9.46 Å². The van der Waals surface area contributed by atoms with Crippen LogP contribution in [0.2, 0.25) is 0 Å². The van der Waals surface area contributed by atoms with Gasteiger partial charge in [-0.05, 0) is 38.1 Å². The summed E-state index contributed by atoms with van der Waals surface area (Å²) in [5.74, 6) is 0.509. The zero-order chi connectivity index (χ0) is 23.0. The third kappa shape index (κ3) is 4.20. The third-order valence-electron chi connectivity index (χ3n) is 4.27. The molecule has 0 aliphatic rings. The summed E-state index contributed by atoms with van der Waals surface area (Å²) in [5.41, 5.74) is -0.799. The van der Waals surface area contributed by atoms with Crippen LogP contribution in [-0.4, -0.2) is 30.3 Å². The minimum Gasteiger partial charge on any atom is -0.451 e. The summed E-state index contributed by atoms with van der Waals surface area (Å²) in [6.45, 7) is 2.15. The van der Waals surface area contributed by atoms with Gasteiger partial charge in [0.15, 0.2) is 16.4 Å². The first-order valence-electron chi connectivity index (χ1n) is 8.67. The summed E-state index contributed by atoms with van der Waals surface area (Å²) < 4.78 is 75.5. The van der Waals surface area contributed by atoms with Crippen LogP contribution in [0.25, 0.3) is 11.3 Å². The van der Waals surface area contributed by atoms with E-state index in [0.717, 1.165) is 18.2 Å². The Bertz CT molecular complexity index is 1260. The molecule has 2 heterocycles. The molecule has 0 unspecified atom stereocenters. The predicted molar refractivity (Wildman–Crippen MR) is 102 cm³/mol. The summed E-state index contributed by atoms with van der Waals surface area (Å²) in [7, 11) is -4.43. The molecule has 0 aliphatic carbocycles. The van der Waals surface area contributed by atoms with Crippen LogP contribution in [0.1, 0.15) is 27.6 Å². The Labute approximate surface area is 175 Å². The van der Waals surface area contributed by atoms with Gasteiger partial charge >= 0.3 is 12.1 Å². The number of alkyl halides is 3. The smallest absolute Gasteiger partial charge is 0.416 e. The Morgan fingerprint density at radius 2 is 1.94 bits per heavy atom. The number of terminal acetylenes is 1. The van der Waals surface area contributed by atoms with Gasteiger partial charge in [-0.25, -0.2) is 12.7 Å². The van der Waals surface area contributed by atoms with Crippen LogP contribution in [0.3, 0.4) is 0 Å². The number of hydrogen-bond donors (Lipinski definition) is 0. The number of aromatic nitrogens is 1. The van der Waals surface area contributed by atoms with Crippen LogP contribution >= 0.6 is 0 Å². The van der Waals surface area contributed by atoms with E-state index < -0.39 is 40.0 Å². The number of carbonyl (C=O) groups excluding carboxylic acids is 1. The molecule has 0 saturated carbocycles. The van der Waals surface area contributed by atoms with Crippen LogP contribution in [0, 0.1) is 26.2 Å². The van der Waals surface area contributed by atoms with Crippen molar-refractivity contribution < 1.29 is 35.3 Å². The largest absolute Gasteiger partial charge is 0.451 e. The lowest BCUT2D eigenvalue weighted by atomic mass is 10.1. The molecule has 3 rings (SSSR count). The monoisotopic (exact) mass is 452 g/mol. The first kappa shape index (κ1) is 22.2. The molecule has 0 saturated heterocycles. The highest BCUT2D eigenvalue weighted by Crippen LogP contribution is 2.33. The van der Waals surface area contributed by atoms with Gasteiger partial charge in [-0.1, -0.05) is 23.2 Å². The topological polar surface area (TPSA) is 93.6 Å². The molecular formula is C20H15F3N2O5S. The summed E-state index contributed by atoms with van der Waals surface area (Å²) in [4.78, 5) is 12.6. The van der Waals surface area contributed by atoms with Crippen LogP contribution in [-0.2, 0) is 16.2 Å². The Morgan fingerprint density at radius 3 is 2.52 bits per heavy atom. The van der Waals surface area contributed by atoms with Gasteiger partial charge in [-0.15, -0.1) is 6.42 Å². The number of nitrogens with zero attached hydrogens (tertiary/aromatic N) is 2. The first-order valence-corrected chi connectivity index (χ1v) is 10.1. The molecule has 0 spiro atoms. The number of rotatable bonds is 5. The summed E-state index contributed by atoms with van der Waals surface area (Å²) >= 11 is 0. The molecule has 0 aliphatic heterocycles. The van der Waals surface area contributed by atoms with Crippen molar-refractivity contribution in [3.63, 3.8) is 0 Å². The molecule has 2 aromatic heterocycles. The number of halogens is 3. The first-order chi connectivity index (χ1) is 14.5. The van der Waals surface area contributed by atoms with Crippen molar-refractivity contribution in [2.24, 2.45) is 0 Å². The second kappa shape index (κ2) is 7.96. The SMILES string of the molecule is C#CCN(C(=O)c1ccc(-c2cccc(C(F)(F)F)c2)o1)S(=O)(=O)c1c(C)noc1C. The van der Waals surface area contributed by atoms with Gasteiger partial charge in [0.1, 0.15) is 11.5 Å². The molecule has 0 fully saturated rings. The highest BCUT2D eigenvalue weighted by atomic mass is 32.2. The van der Waals surface area contributed by atoms with Gasteiger partial charge in [-0.3, -0.25) is 4.79 Å². The maximum absolute atomic E-state index is 13.0. The second-order valence-corrected chi connectivity index (χ2v) is 8.22. The highest BCUT2D eigenvalue weighted by Gasteiger charge is 2.36. The molecule has 0 bridgehead atoms. The average Bonchev–Trinajstić information content (AvgIpc) is 3.32. The summed E-state index contributed by atoms with van der Waals surface area (Å²) in [6, 6.07) is 6.72. The molecule has 7 nitrogen and oxygen atoms in total. The van der Waals surface area contributed by atoms with Gasteiger partial charge in [0.05, 0.1) is 12.1 Å². The van der Waals surface area contributed by atoms with Crippen molar-refractivity contribution in [2.75, 3.05) is 6.54 Å². The zero-order valence-corrected chi connectivity index (χ0v) is 17.0. The fourth-order valence-electron chi connectivity index (χ4n) is 2.88. The average molecular weight is 452 g/mol. The quantitative estimate of drug-likeness (QED) is 0.543. The number of benzene rings is 1. The molecule has 11 heteroatoms. The van der Waals surface area contributed by atoms with Crippen LogP contribution in [0.5, 0.6) is 0 Å². The molecule has 0 N–H and O–H groups in total. The van der Waals surface area contributed by atoms with Crippen molar-refractivity contribution >= 4 is 15.9 Å². The summed E-state index contributed by atoms with van der Waals surface area (Å²) in [6.07, 6.45) is 0.678. The number of furan rings is 1. The van der Waals surface area contributed by atoms with Crippen molar-refractivity contribution in [2.45, 2.75) is 24.9 Å². The fourth-order valence-corrected chi connectivity index (χ4v) is 4.47. The Morgan fingerprint density at radius 1 is 1.23 bits per heavy atom. The molecule has 1 amide bonds. The summed E-state index contributed by atoms with van der Waals surface area (Å²) in [5, 5.41) is 3.57. The maximum atomic E-state index is 13.0. The van der Waals surface area contributed by atoms with Gasteiger partial charge in [-0.2, -0.15) is 13.2 Å².